The van der Waals surface area contributed by atoms with Crippen LogP contribution >= 0.6 is 0 Å². The van der Waals surface area contributed by atoms with Crippen LogP contribution in [0.4, 0.5) is 0 Å². The third-order valence-electron chi connectivity index (χ3n) is 5.72. The molecule has 0 fully saturated rings. The summed E-state index contributed by atoms with van der Waals surface area (Å²) in [6.07, 6.45) is 8.99. The Morgan fingerprint density at radius 1 is 1.13 bits per heavy atom. The van der Waals surface area contributed by atoms with Crippen LogP contribution < -0.4 is 0 Å². The van der Waals surface area contributed by atoms with Gasteiger partial charge in [-0.25, -0.2) is 0 Å². The first-order chi connectivity index (χ1) is 10.8. The largest absolute Gasteiger partial charge is 0.370 e. The lowest BCUT2D eigenvalue weighted by Gasteiger charge is -2.43. The molecule has 23 heavy (non-hydrogen) atoms. The van der Waals surface area contributed by atoms with E-state index in [2.05, 4.69) is 69.0 Å². The minimum Gasteiger partial charge on any atom is -0.370 e. The smallest absolute Gasteiger partial charge is 0.106 e. The van der Waals surface area contributed by atoms with Gasteiger partial charge in [-0.05, 0) is 45.1 Å². The van der Waals surface area contributed by atoms with Crippen LogP contribution in [-0.2, 0) is 4.74 Å². The van der Waals surface area contributed by atoms with Crippen molar-refractivity contribution < 1.29 is 4.74 Å². The van der Waals surface area contributed by atoms with E-state index in [1.165, 1.54) is 18.4 Å². The van der Waals surface area contributed by atoms with Crippen LogP contribution in [0, 0.1) is 5.41 Å². The standard InChI is InChI=1S/C21H41BO/c1-9-14-20(8,17(6)11-3)23-16-21(15-10-2,18(7)22)19(12-4)13-5/h12,18H,6,9-11,13-16,22H2,1-5,7-8H3/b19-12+. The molecule has 0 saturated carbocycles. The molecule has 0 aromatic rings. The van der Waals surface area contributed by atoms with E-state index >= 15 is 0 Å². The van der Waals surface area contributed by atoms with Gasteiger partial charge in [-0.3, -0.25) is 0 Å². The Morgan fingerprint density at radius 3 is 2.04 bits per heavy atom. The summed E-state index contributed by atoms with van der Waals surface area (Å²) >= 11 is 0. The van der Waals surface area contributed by atoms with Gasteiger partial charge in [-0.2, -0.15) is 0 Å². The van der Waals surface area contributed by atoms with E-state index in [1.807, 2.05) is 0 Å². The van der Waals surface area contributed by atoms with Crippen molar-refractivity contribution in [2.45, 2.75) is 98.4 Å². The SMILES string of the molecule is BC(C)C(CCC)(COC(C)(CCC)C(=C)CC)/C(=C/C)CC. The van der Waals surface area contributed by atoms with E-state index in [1.54, 1.807) is 5.57 Å². The van der Waals surface area contributed by atoms with Crippen molar-refractivity contribution in [2.75, 3.05) is 6.61 Å². The summed E-state index contributed by atoms with van der Waals surface area (Å²) in [5, 5.41) is 0. The molecule has 0 saturated heterocycles. The summed E-state index contributed by atoms with van der Waals surface area (Å²) in [7, 11) is 2.35. The van der Waals surface area contributed by atoms with E-state index in [-0.39, 0.29) is 11.0 Å². The molecule has 0 rings (SSSR count). The lowest BCUT2D eigenvalue weighted by molar-refractivity contribution is -0.0522. The summed E-state index contributed by atoms with van der Waals surface area (Å²) in [6, 6.07) is 0. The Bertz CT molecular complexity index is 385. The summed E-state index contributed by atoms with van der Waals surface area (Å²) in [4.78, 5) is 0. The molecule has 0 aromatic heterocycles. The van der Waals surface area contributed by atoms with E-state index in [4.69, 9.17) is 4.74 Å². The zero-order chi connectivity index (χ0) is 18.1. The van der Waals surface area contributed by atoms with Crippen molar-refractivity contribution in [2.24, 2.45) is 5.41 Å². The van der Waals surface area contributed by atoms with Crippen molar-refractivity contribution in [1.82, 2.24) is 0 Å². The maximum absolute atomic E-state index is 6.65. The van der Waals surface area contributed by atoms with Gasteiger partial charge in [-0.1, -0.05) is 71.5 Å². The quantitative estimate of drug-likeness (QED) is 0.311. The molecule has 0 aromatic carbocycles. The average molecular weight is 320 g/mol. The van der Waals surface area contributed by atoms with Crippen molar-refractivity contribution in [3.63, 3.8) is 0 Å². The Kier molecular flexibility index (Phi) is 10.2. The fourth-order valence-corrected chi connectivity index (χ4v) is 3.93. The highest BCUT2D eigenvalue weighted by Gasteiger charge is 2.38. The number of hydrogen-bond donors (Lipinski definition) is 0. The van der Waals surface area contributed by atoms with Crippen molar-refractivity contribution in [3.05, 3.63) is 23.8 Å². The first kappa shape index (κ1) is 22.5. The van der Waals surface area contributed by atoms with Crippen LogP contribution in [0.3, 0.4) is 0 Å². The summed E-state index contributed by atoms with van der Waals surface area (Å²) in [5.74, 6) is 0.578. The molecular formula is C21H41BO. The molecule has 3 unspecified atom stereocenters. The lowest BCUT2D eigenvalue weighted by Crippen LogP contribution is -2.40. The first-order valence-electron chi connectivity index (χ1n) is 9.75. The maximum atomic E-state index is 6.65. The molecule has 0 aliphatic carbocycles. The zero-order valence-electron chi connectivity index (χ0n) is 17.2. The van der Waals surface area contributed by atoms with E-state index in [0.717, 1.165) is 32.3 Å². The number of ether oxygens (including phenoxy) is 1. The van der Waals surface area contributed by atoms with E-state index in [0.29, 0.717) is 5.82 Å². The molecule has 0 N–H and O–H groups in total. The predicted octanol–water partition coefficient (Wildman–Crippen LogP) is 6.11. The van der Waals surface area contributed by atoms with Crippen molar-refractivity contribution >= 4 is 7.85 Å². The molecule has 0 heterocycles. The highest BCUT2D eigenvalue weighted by Crippen LogP contribution is 2.45. The number of hydrogen-bond acceptors (Lipinski definition) is 1. The molecule has 2 heteroatoms. The minimum absolute atomic E-state index is 0.154. The maximum Gasteiger partial charge on any atom is 0.106 e. The van der Waals surface area contributed by atoms with Gasteiger partial charge in [0.05, 0.1) is 12.2 Å². The number of rotatable bonds is 12. The lowest BCUT2D eigenvalue weighted by atomic mass is 9.60. The first-order valence-corrected chi connectivity index (χ1v) is 9.75. The third-order valence-corrected chi connectivity index (χ3v) is 5.72. The topological polar surface area (TPSA) is 9.23 Å². The van der Waals surface area contributed by atoms with Gasteiger partial charge in [0.1, 0.15) is 7.85 Å². The Balaban J connectivity index is 5.57. The second kappa shape index (κ2) is 10.4. The third kappa shape index (κ3) is 5.52. The molecule has 0 aliphatic rings. The Hall–Kier alpha value is -0.495. The average Bonchev–Trinajstić information content (AvgIpc) is 2.52. The molecule has 0 spiro atoms. The molecule has 134 valence electrons. The molecule has 3 atom stereocenters. The normalized spacial score (nSPS) is 19.0. The van der Waals surface area contributed by atoms with Crippen LogP contribution in [-0.4, -0.2) is 20.1 Å². The van der Waals surface area contributed by atoms with Crippen molar-refractivity contribution in [1.29, 1.82) is 0 Å². The zero-order valence-corrected chi connectivity index (χ0v) is 17.2. The van der Waals surface area contributed by atoms with Crippen LogP contribution in [0.25, 0.3) is 0 Å². The summed E-state index contributed by atoms with van der Waals surface area (Å²) in [6.45, 7) is 20.9. The van der Waals surface area contributed by atoms with Gasteiger partial charge in [-0.15, -0.1) is 0 Å². The molecule has 0 amide bonds. The second-order valence-electron chi connectivity index (χ2n) is 7.45. The molecule has 0 radical (unpaired) electrons. The highest BCUT2D eigenvalue weighted by atomic mass is 16.5. The van der Waals surface area contributed by atoms with Gasteiger partial charge in [0.15, 0.2) is 0 Å². The number of allylic oxidation sites excluding steroid dienone is 1. The van der Waals surface area contributed by atoms with Crippen LogP contribution in [0.2, 0.25) is 5.82 Å². The second-order valence-corrected chi connectivity index (χ2v) is 7.45. The molecule has 0 aliphatic heterocycles. The fraction of sp³-hybridized carbons (Fsp3) is 0.810. The monoisotopic (exact) mass is 320 g/mol. The molecule has 0 bridgehead atoms. The summed E-state index contributed by atoms with van der Waals surface area (Å²) in [5.41, 5.74) is 2.74. The van der Waals surface area contributed by atoms with Crippen LogP contribution in [0.5, 0.6) is 0 Å². The minimum atomic E-state index is -0.191. The fourth-order valence-electron chi connectivity index (χ4n) is 3.93. The Morgan fingerprint density at radius 2 is 1.70 bits per heavy atom. The van der Waals surface area contributed by atoms with Crippen LogP contribution in [0.1, 0.15) is 87.0 Å². The van der Waals surface area contributed by atoms with Gasteiger partial charge >= 0.3 is 0 Å². The highest BCUT2D eigenvalue weighted by molar-refractivity contribution is 6.12. The van der Waals surface area contributed by atoms with Gasteiger partial charge in [0, 0.05) is 5.41 Å². The molecular weight excluding hydrogens is 279 g/mol. The van der Waals surface area contributed by atoms with E-state index in [9.17, 15) is 0 Å². The van der Waals surface area contributed by atoms with Gasteiger partial charge in [0.25, 0.3) is 0 Å². The van der Waals surface area contributed by atoms with Crippen LogP contribution in [0.15, 0.2) is 23.8 Å². The Labute approximate surface area is 147 Å². The molecule has 1 nitrogen and oxygen atoms in total. The van der Waals surface area contributed by atoms with Gasteiger partial charge < -0.3 is 4.74 Å². The summed E-state index contributed by atoms with van der Waals surface area (Å²) < 4.78 is 6.65. The van der Waals surface area contributed by atoms with E-state index < -0.39 is 0 Å². The predicted molar refractivity (Wildman–Crippen MR) is 108 cm³/mol. The van der Waals surface area contributed by atoms with Gasteiger partial charge in [0.2, 0.25) is 0 Å². The van der Waals surface area contributed by atoms with Crippen molar-refractivity contribution in [3.8, 4) is 0 Å².